The predicted molar refractivity (Wildman–Crippen MR) is 61.6 cm³/mol. The zero-order valence-electron chi connectivity index (χ0n) is 9.70. The minimum atomic E-state index is -0.343. The van der Waals surface area contributed by atoms with Crippen LogP contribution >= 0.6 is 0 Å². The monoisotopic (exact) mass is 236 g/mol. The Balaban J connectivity index is 1.96. The van der Waals surface area contributed by atoms with E-state index in [1.807, 2.05) is 13.0 Å². The van der Waals surface area contributed by atoms with Gasteiger partial charge in [0.1, 0.15) is 6.10 Å². The first kappa shape index (κ1) is 12.1. The van der Waals surface area contributed by atoms with Crippen molar-refractivity contribution in [2.75, 3.05) is 13.2 Å². The molecule has 0 radical (unpaired) electrons. The van der Waals surface area contributed by atoms with Gasteiger partial charge in [0.2, 0.25) is 0 Å². The highest BCUT2D eigenvalue weighted by atomic mass is 16.6. The van der Waals surface area contributed by atoms with Crippen LogP contribution in [0.25, 0.3) is 0 Å². The van der Waals surface area contributed by atoms with Crippen LogP contribution in [0.2, 0.25) is 0 Å². The maximum atomic E-state index is 11.8. The summed E-state index contributed by atoms with van der Waals surface area (Å²) in [7, 11) is 0. The van der Waals surface area contributed by atoms with Crippen LogP contribution in [-0.4, -0.2) is 36.5 Å². The highest BCUT2D eigenvalue weighted by Gasteiger charge is 2.36. The number of esters is 1. The van der Waals surface area contributed by atoms with Crippen molar-refractivity contribution in [2.24, 2.45) is 5.92 Å². The predicted octanol–water partition coefficient (Wildman–Crippen LogP) is 1.24. The molecule has 17 heavy (non-hydrogen) atoms. The Labute approximate surface area is 100 Å². The average molecular weight is 236 g/mol. The minimum Gasteiger partial charge on any atom is -0.456 e. The largest absolute Gasteiger partial charge is 0.456 e. The molecule has 2 rings (SSSR count). The standard InChI is InChI=1S/C13H16O4/c1-9-11(7-14)16-8-12(9)17-13(15)10-5-3-2-4-6-10/h2-6,9,11-12,14H,7-8H2,1H3/t9-,11+,12?/m0/s1. The second-order valence-corrected chi connectivity index (χ2v) is 4.22. The van der Waals surface area contributed by atoms with Crippen molar-refractivity contribution in [3.05, 3.63) is 35.9 Å². The summed E-state index contributed by atoms with van der Waals surface area (Å²) < 4.78 is 10.7. The number of carbonyl (C=O) groups excluding carboxylic acids is 1. The van der Waals surface area contributed by atoms with Crippen molar-refractivity contribution in [2.45, 2.75) is 19.1 Å². The summed E-state index contributed by atoms with van der Waals surface area (Å²) in [5.41, 5.74) is 0.534. The lowest BCUT2D eigenvalue weighted by atomic mass is 10.0. The number of carbonyl (C=O) groups is 1. The lowest BCUT2D eigenvalue weighted by molar-refractivity contribution is 0.0208. The first-order valence-electron chi connectivity index (χ1n) is 5.71. The van der Waals surface area contributed by atoms with E-state index in [-0.39, 0.29) is 30.7 Å². The summed E-state index contributed by atoms with van der Waals surface area (Å²) in [6.45, 7) is 2.22. The summed E-state index contributed by atoms with van der Waals surface area (Å²) in [6.07, 6.45) is -0.511. The van der Waals surface area contributed by atoms with Gasteiger partial charge in [-0.2, -0.15) is 0 Å². The van der Waals surface area contributed by atoms with Gasteiger partial charge in [-0.3, -0.25) is 0 Å². The summed E-state index contributed by atoms with van der Waals surface area (Å²) in [6, 6.07) is 8.86. The molecule has 1 aliphatic heterocycles. The van der Waals surface area contributed by atoms with E-state index in [0.29, 0.717) is 12.2 Å². The van der Waals surface area contributed by atoms with E-state index in [4.69, 9.17) is 14.6 Å². The van der Waals surface area contributed by atoms with Crippen molar-refractivity contribution in [1.29, 1.82) is 0 Å². The maximum absolute atomic E-state index is 11.8. The van der Waals surface area contributed by atoms with Gasteiger partial charge < -0.3 is 14.6 Å². The molecule has 92 valence electrons. The molecule has 0 aliphatic carbocycles. The van der Waals surface area contributed by atoms with Crippen LogP contribution in [-0.2, 0) is 9.47 Å². The zero-order chi connectivity index (χ0) is 12.3. The third-order valence-electron chi connectivity index (χ3n) is 3.10. The van der Waals surface area contributed by atoms with Gasteiger partial charge in [-0.1, -0.05) is 25.1 Å². The lowest BCUT2D eigenvalue weighted by Gasteiger charge is -2.17. The van der Waals surface area contributed by atoms with Crippen LogP contribution in [0.1, 0.15) is 17.3 Å². The van der Waals surface area contributed by atoms with E-state index in [1.54, 1.807) is 24.3 Å². The highest BCUT2D eigenvalue weighted by molar-refractivity contribution is 5.89. The number of ether oxygens (including phenoxy) is 2. The summed E-state index contributed by atoms with van der Waals surface area (Å²) >= 11 is 0. The van der Waals surface area contributed by atoms with Crippen LogP contribution < -0.4 is 0 Å². The first-order chi connectivity index (χ1) is 8.22. The molecule has 0 saturated carbocycles. The molecule has 1 aromatic carbocycles. The Bertz CT molecular complexity index is 376. The number of hydrogen-bond donors (Lipinski definition) is 1. The molecule has 3 atom stereocenters. The van der Waals surface area contributed by atoms with Gasteiger partial charge in [-0.25, -0.2) is 4.79 Å². The van der Waals surface area contributed by atoms with Gasteiger partial charge in [0.25, 0.3) is 0 Å². The number of hydrogen-bond acceptors (Lipinski definition) is 4. The topological polar surface area (TPSA) is 55.8 Å². The zero-order valence-corrected chi connectivity index (χ0v) is 9.70. The molecule has 4 nitrogen and oxygen atoms in total. The average Bonchev–Trinajstić information content (AvgIpc) is 2.71. The number of aliphatic hydroxyl groups excluding tert-OH is 1. The van der Waals surface area contributed by atoms with Crippen LogP contribution in [0.3, 0.4) is 0 Å². The molecule has 0 aromatic heterocycles. The summed E-state index contributed by atoms with van der Waals surface area (Å²) in [4.78, 5) is 11.8. The molecule has 1 N–H and O–H groups in total. The van der Waals surface area contributed by atoms with Gasteiger partial charge in [0.15, 0.2) is 0 Å². The molecule has 0 spiro atoms. The fourth-order valence-corrected chi connectivity index (χ4v) is 1.90. The maximum Gasteiger partial charge on any atom is 0.338 e. The fourth-order valence-electron chi connectivity index (χ4n) is 1.90. The molecule has 0 bridgehead atoms. The van der Waals surface area contributed by atoms with Gasteiger partial charge >= 0.3 is 5.97 Å². The van der Waals surface area contributed by atoms with E-state index in [0.717, 1.165) is 0 Å². The quantitative estimate of drug-likeness (QED) is 0.802. The molecule has 1 heterocycles. The molecule has 1 saturated heterocycles. The Morgan fingerprint density at radius 1 is 1.47 bits per heavy atom. The van der Waals surface area contributed by atoms with E-state index in [9.17, 15) is 4.79 Å². The van der Waals surface area contributed by atoms with E-state index < -0.39 is 0 Å². The molecule has 0 amide bonds. The lowest BCUT2D eigenvalue weighted by Crippen LogP contribution is -2.28. The first-order valence-corrected chi connectivity index (χ1v) is 5.71. The second-order valence-electron chi connectivity index (χ2n) is 4.22. The van der Waals surface area contributed by atoms with E-state index in [2.05, 4.69) is 0 Å². The van der Waals surface area contributed by atoms with E-state index in [1.165, 1.54) is 0 Å². The Morgan fingerprint density at radius 3 is 2.76 bits per heavy atom. The molecule has 1 unspecified atom stereocenters. The highest BCUT2D eigenvalue weighted by Crippen LogP contribution is 2.24. The Hall–Kier alpha value is -1.39. The molecule has 1 fully saturated rings. The van der Waals surface area contributed by atoms with Crippen molar-refractivity contribution >= 4 is 5.97 Å². The number of aliphatic hydroxyl groups is 1. The summed E-state index contributed by atoms with van der Waals surface area (Å²) in [5, 5.41) is 9.04. The molecule has 1 aliphatic rings. The van der Waals surface area contributed by atoms with Crippen molar-refractivity contribution in [3.63, 3.8) is 0 Å². The van der Waals surface area contributed by atoms with Gasteiger partial charge in [-0.15, -0.1) is 0 Å². The van der Waals surface area contributed by atoms with Crippen molar-refractivity contribution in [3.8, 4) is 0 Å². The third-order valence-corrected chi connectivity index (χ3v) is 3.10. The molecule has 4 heteroatoms. The van der Waals surface area contributed by atoms with Crippen LogP contribution in [0.15, 0.2) is 30.3 Å². The Kier molecular flexibility index (Phi) is 3.76. The van der Waals surface area contributed by atoms with Gasteiger partial charge in [0.05, 0.1) is 24.9 Å². The Morgan fingerprint density at radius 2 is 2.18 bits per heavy atom. The van der Waals surface area contributed by atoms with Crippen molar-refractivity contribution < 1.29 is 19.4 Å². The van der Waals surface area contributed by atoms with E-state index >= 15 is 0 Å². The third kappa shape index (κ3) is 2.65. The molecular formula is C13H16O4. The van der Waals surface area contributed by atoms with Crippen LogP contribution in [0.4, 0.5) is 0 Å². The van der Waals surface area contributed by atoms with Crippen molar-refractivity contribution in [1.82, 2.24) is 0 Å². The normalized spacial score (nSPS) is 28.0. The van der Waals surface area contributed by atoms with Crippen LogP contribution in [0, 0.1) is 5.92 Å². The second kappa shape index (κ2) is 5.29. The van der Waals surface area contributed by atoms with Gasteiger partial charge in [-0.05, 0) is 12.1 Å². The minimum absolute atomic E-state index is 0.0210. The molecule has 1 aromatic rings. The number of benzene rings is 1. The van der Waals surface area contributed by atoms with Gasteiger partial charge in [0, 0.05) is 5.92 Å². The smallest absolute Gasteiger partial charge is 0.338 e. The van der Waals surface area contributed by atoms with Crippen LogP contribution in [0.5, 0.6) is 0 Å². The SMILES string of the molecule is C[C@@H]1C(OC(=O)c2ccccc2)CO[C@@H]1CO. The molecular weight excluding hydrogens is 220 g/mol. The number of rotatable bonds is 3. The fraction of sp³-hybridized carbons (Fsp3) is 0.462. The summed E-state index contributed by atoms with van der Waals surface area (Å²) in [5.74, 6) is -0.322.